The number of aromatic nitrogens is 2. The van der Waals surface area contributed by atoms with Crippen LogP contribution in [0.15, 0.2) is 6.20 Å². The molecule has 21 heteroatoms. The Kier molecular flexibility index (Phi) is 7.09. The van der Waals surface area contributed by atoms with Crippen molar-refractivity contribution in [2.75, 3.05) is 5.73 Å². The minimum atomic E-state index is -5.88. The van der Waals surface area contributed by atoms with E-state index in [1.165, 1.54) is 0 Å². The highest BCUT2D eigenvalue weighted by atomic mass is 32.1. The van der Waals surface area contributed by atoms with Crippen molar-refractivity contribution in [3.63, 3.8) is 0 Å². The second-order valence-corrected chi connectivity index (χ2v) is 10.5. The summed E-state index contributed by atoms with van der Waals surface area (Å²) in [4.78, 5) is 39.1. The Morgan fingerprint density at radius 2 is 1.83 bits per heavy atom. The third-order valence-electron chi connectivity index (χ3n) is 3.39. The normalized spacial score (nSPS) is 31.3. The van der Waals surface area contributed by atoms with Crippen LogP contribution in [0.25, 0.3) is 0 Å². The molecule has 0 amide bonds. The molecule has 2 unspecified atom stereocenters. The Hall–Kier alpha value is -0.710. The molecule has 0 spiro atoms. The topological polar surface area (TPSA) is 233 Å². The van der Waals surface area contributed by atoms with Crippen LogP contribution >= 0.6 is 35.7 Å². The zero-order chi connectivity index (χ0) is 23.3. The number of phosphoric acid groups is 3. The van der Waals surface area contributed by atoms with Gasteiger partial charge in [0.2, 0.25) is 10.6 Å². The van der Waals surface area contributed by atoms with Gasteiger partial charge in [0, 0.05) is 6.20 Å². The van der Waals surface area contributed by atoms with E-state index in [9.17, 15) is 32.5 Å². The maximum Gasteiger partial charge on any atom is 0.490 e. The van der Waals surface area contributed by atoms with Crippen LogP contribution in [-0.2, 0) is 31.6 Å². The van der Waals surface area contributed by atoms with E-state index in [0.717, 1.165) is 0 Å². The molecular weight excluding hydrogens is 505 g/mol. The van der Waals surface area contributed by atoms with Gasteiger partial charge in [0.05, 0.1) is 0 Å². The maximum absolute atomic E-state index is 14.6. The van der Waals surface area contributed by atoms with E-state index in [2.05, 4.69) is 18.1 Å². The number of nitrogens with zero attached hydrogens (tertiary/aromatic N) is 2. The fourth-order valence-corrected chi connectivity index (χ4v) is 5.77. The summed E-state index contributed by atoms with van der Waals surface area (Å²) in [6, 6.07) is 0. The molecule has 7 N–H and O–H groups in total. The largest absolute Gasteiger partial charge is 0.490 e. The summed E-state index contributed by atoms with van der Waals surface area (Å²) < 4.78 is 78.6. The molecule has 0 saturated carbocycles. The molecule has 30 heavy (non-hydrogen) atoms. The van der Waals surface area contributed by atoms with Crippen molar-refractivity contribution in [2.24, 2.45) is 0 Å². The molecule has 15 nitrogen and oxygen atoms in total. The molecule has 0 aliphatic carbocycles. The third kappa shape index (κ3) is 5.95. The van der Waals surface area contributed by atoms with Gasteiger partial charge in [-0.05, 0) is 19.1 Å². The number of phosphoric ester groups is 1. The van der Waals surface area contributed by atoms with Crippen molar-refractivity contribution < 1.29 is 65.0 Å². The van der Waals surface area contributed by atoms with E-state index >= 15 is 0 Å². The SMILES string of the molecule is C[C@]1(OP(=O)(O)OP(=O)(O)OP(=O)(O)O)O[C@@H](n2cc(F)c(N)nc2=S)[C@@H](F)[C@H]1O. The van der Waals surface area contributed by atoms with Crippen LogP contribution in [0.3, 0.4) is 0 Å². The molecule has 1 aromatic heterocycles. The Morgan fingerprint density at radius 3 is 2.37 bits per heavy atom. The van der Waals surface area contributed by atoms with Gasteiger partial charge in [-0.2, -0.15) is 13.6 Å². The summed E-state index contributed by atoms with van der Waals surface area (Å²) >= 11 is 4.78. The zero-order valence-electron chi connectivity index (χ0n) is 14.4. The number of nitrogen functional groups attached to an aromatic ring is 1. The fraction of sp³-hybridized carbons (Fsp3) is 0.556. The fourth-order valence-electron chi connectivity index (χ4n) is 2.27. The second-order valence-electron chi connectivity index (χ2n) is 5.76. The van der Waals surface area contributed by atoms with E-state index in [0.29, 0.717) is 17.7 Å². The van der Waals surface area contributed by atoms with Crippen LogP contribution in [0.4, 0.5) is 14.6 Å². The predicted molar refractivity (Wildman–Crippen MR) is 91.8 cm³/mol. The van der Waals surface area contributed by atoms with Gasteiger partial charge in [-0.3, -0.25) is 9.09 Å². The van der Waals surface area contributed by atoms with Crippen LogP contribution < -0.4 is 5.73 Å². The lowest BCUT2D eigenvalue weighted by atomic mass is 10.1. The number of alkyl halides is 1. The number of anilines is 1. The lowest BCUT2D eigenvalue weighted by Crippen LogP contribution is -2.41. The Morgan fingerprint density at radius 1 is 1.27 bits per heavy atom. The quantitative estimate of drug-likeness (QED) is 0.214. The molecule has 172 valence electrons. The van der Waals surface area contributed by atoms with Gasteiger partial charge in [0.15, 0.2) is 24.0 Å². The van der Waals surface area contributed by atoms with E-state index < -0.39 is 64.2 Å². The smallest absolute Gasteiger partial charge is 0.384 e. The van der Waals surface area contributed by atoms with E-state index in [1.54, 1.807) is 0 Å². The monoisotopic (exact) mass is 519 g/mol. The van der Waals surface area contributed by atoms with Gasteiger partial charge in [-0.25, -0.2) is 22.5 Å². The van der Waals surface area contributed by atoms with E-state index in [-0.39, 0.29) is 0 Å². The lowest BCUT2D eigenvalue weighted by molar-refractivity contribution is -0.214. The highest BCUT2D eigenvalue weighted by Crippen LogP contribution is 2.67. The molecule has 1 aliphatic rings. The number of rotatable bonds is 7. The number of aliphatic hydroxyl groups is 1. The first-order valence-electron chi connectivity index (χ1n) is 7.24. The van der Waals surface area contributed by atoms with Crippen LogP contribution in [0.1, 0.15) is 13.2 Å². The van der Waals surface area contributed by atoms with Gasteiger partial charge in [-0.1, -0.05) is 0 Å². The van der Waals surface area contributed by atoms with Crippen molar-refractivity contribution in [2.45, 2.75) is 31.2 Å². The first-order valence-corrected chi connectivity index (χ1v) is 12.2. The molecule has 0 bridgehead atoms. The summed E-state index contributed by atoms with van der Waals surface area (Å²) in [5.41, 5.74) is 5.21. The van der Waals surface area contributed by atoms with Gasteiger partial charge >= 0.3 is 23.5 Å². The molecule has 1 fully saturated rings. The highest BCUT2D eigenvalue weighted by Gasteiger charge is 2.58. The molecule has 1 aromatic rings. The summed E-state index contributed by atoms with van der Waals surface area (Å²) in [7, 11) is -17.3. The molecule has 2 heterocycles. The van der Waals surface area contributed by atoms with Crippen molar-refractivity contribution in [1.82, 2.24) is 9.55 Å². The first-order chi connectivity index (χ1) is 13.4. The van der Waals surface area contributed by atoms with Crippen LogP contribution in [0, 0.1) is 10.6 Å². The van der Waals surface area contributed by atoms with Gasteiger partial charge in [0.1, 0.15) is 6.10 Å². The van der Waals surface area contributed by atoms with Crippen LogP contribution in [0.5, 0.6) is 0 Å². The Balaban J connectivity index is 2.29. The molecule has 2 rings (SSSR count). The first kappa shape index (κ1) is 25.5. The van der Waals surface area contributed by atoms with Crippen molar-refractivity contribution >= 4 is 41.5 Å². The van der Waals surface area contributed by atoms with Crippen LogP contribution in [0.2, 0.25) is 0 Å². The maximum atomic E-state index is 14.6. The van der Waals surface area contributed by atoms with Gasteiger partial charge in [-0.15, -0.1) is 0 Å². The molecule has 1 saturated heterocycles. The molecule has 6 atom stereocenters. The summed E-state index contributed by atoms with van der Waals surface area (Å²) in [5, 5.41) is 10.0. The lowest BCUT2D eigenvalue weighted by Gasteiger charge is -2.29. The van der Waals surface area contributed by atoms with Crippen molar-refractivity contribution in [1.29, 1.82) is 0 Å². The second kappa shape index (κ2) is 8.33. The Labute approximate surface area is 170 Å². The van der Waals surface area contributed by atoms with Crippen molar-refractivity contribution in [3.05, 3.63) is 16.8 Å². The standard InChI is InChI=1S/C9H14F2N3O12P3S/c1-9(24-28(19,20)26-29(21,22)25-27(16,17)18)5(15)4(11)7(23-9)14-2-3(10)6(12)13-8(14)30/h2,4-5,7,15H,1H3,(H,19,20)(H,21,22)(H2,12,13,30)(H2,16,17,18)/t4-,5+,7+,9+/m0/s1. The molecular formula is C9H14F2N3O12P3S. The minimum Gasteiger partial charge on any atom is -0.384 e. The third-order valence-corrected chi connectivity index (χ3v) is 7.61. The van der Waals surface area contributed by atoms with Crippen molar-refractivity contribution in [3.8, 4) is 0 Å². The van der Waals surface area contributed by atoms with E-state index in [4.69, 9.17) is 37.4 Å². The number of halogens is 2. The summed E-state index contributed by atoms with van der Waals surface area (Å²) in [6.07, 6.45) is -6.24. The number of hydrogen-bond acceptors (Lipinski definition) is 11. The average Bonchev–Trinajstić information content (AvgIpc) is 2.70. The Bertz CT molecular complexity index is 1040. The highest BCUT2D eigenvalue weighted by molar-refractivity contribution is 7.71. The number of aliphatic hydroxyl groups excluding tert-OH is 1. The molecule has 0 radical (unpaired) electrons. The zero-order valence-corrected chi connectivity index (χ0v) is 17.9. The number of hydrogen-bond donors (Lipinski definition) is 6. The molecule has 0 aromatic carbocycles. The minimum absolute atomic E-state index is 0.503. The summed E-state index contributed by atoms with van der Waals surface area (Å²) in [5.74, 6) is -4.54. The van der Waals surface area contributed by atoms with E-state index in [1.807, 2.05) is 0 Å². The van der Waals surface area contributed by atoms with Gasteiger partial charge < -0.3 is 35.2 Å². The number of ether oxygens (including phenoxy) is 1. The predicted octanol–water partition coefficient (Wildman–Crippen LogP) is 0.621. The summed E-state index contributed by atoms with van der Waals surface area (Å²) in [6.45, 7) is 0.702. The van der Waals surface area contributed by atoms with Gasteiger partial charge in [0.25, 0.3) is 0 Å². The molecule has 1 aliphatic heterocycles. The average molecular weight is 519 g/mol. The number of nitrogens with two attached hydrogens (primary N) is 1. The van der Waals surface area contributed by atoms with Crippen LogP contribution in [-0.4, -0.2) is 52.3 Å².